The second-order valence-corrected chi connectivity index (χ2v) is 17.0. The highest BCUT2D eigenvalue weighted by Gasteiger charge is 2.64. The van der Waals surface area contributed by atoms with Crippen LogP contribution in [0.4, 0.5) is 0 Å². The number of ether oxygens (including phenoxy) is 5. The first kappa shape index (κ1) is 35.9. The average molecular weight is 786 g/mol. The van der Waals surface area contributed by atoms with Gasteiger partial charge in [-0.15, -0.1) is 11.8 Å². The highest BCUT2D eigenvalue weighted by Crippen LogP contribution is 2.65. The van der Waals surface area contributed by atoms with Crippen LogP contribution in [0.3, 0.4) is 0 Å². The third kappa shape index (κ3) is 4.75. The number of aromatic hydroxyl groups is 1. The minimum atomic E-state index is -1.53. The van der Waals surface area contributed by atoms with Gasteiger partial charge in [-0.1, -0.05) is 24.3 Å². The SMILES string of the molecule is COc1c(C)cc2c(c1O)[C@@H]1C3[C@@H]4SC[C@]5(N[C@@H](CO)Cc6c5oc5ccccc65)C(=O)OC[C@@H](c5c6c(c(C)c(OC(C)=O)c54)OCO6)N3C(O)(C2)CN1C. The number of furan rings is 1. The fraction of sp³-hybridized carbons (Fsp3) is 0.463. The maximum atomic E-state index is 14.9. The number of carbonyl (C=O) groups is 2. The summed E-state index contributed by atoms with van der Waals surface area (Å²) in [6.45, 7) is 4.70. The molecule has 4 aromatic rings. The molecular formula is C41H43N3O11S. The average Bonchev–Trinajstić information content (AvgIpc) is 3.76. The number of phenolic OH excluding ortho intramolecular Hbond substituents is 1. The predicted molar refractivity (Wildman–Crippen MR) is 202 cm³/mol. The summed E-state index contributed by atoms with van der Waals surface area (Å²) >= 11 is 1.44. The molecule has 0 radical (unpaired) electrons. The van der Waals surface area contributed by atoms with Crippen LogP contribution in [-0.4, -0.2) is 101 Å². The summed E-state index contributed by atoms with van der Waals surface area (Å²) in [7, 11) is 3.46. The van der Waals surface area contributed by atoms with Gasteiger partial charge in [0.15, 0.2) is 28.5 Å². The number of nitrogens with zero attached hydrogens (tertiary/aromatic N) is 2. The number of nitrogens with one attached hydrogen (secondary N) is 1. The number of likely N-dealkylation sites (N-methyl/N-ethyl adjacent to an activating group) is 1. The fourth-order valence-corrected chi connectivity index (χ4v) is 12.3. The first-order chi connectivity index (χ1) is 26.9. The lowest BCUT2D eigenvalue weighted by atomic mass is 9.78. The Morgan fingerprint density at radius 3 is 2.66 bits per heavy atom. The molecule has 2 fully saturated rings. The van der Waals surface area contributed by atoms with Gasteiger partial charge < -0.3 is 43.4 Å². The summed E-state index contributed by atoms with van der Waals surface area (Å²) in [5.74, 6) is 0.911. The molecule has 9 heterocycles. The van der Waals surface area contributed by atoms with E-state index < -0.39 is 52.6 Å². The van der Waals surface area contributed by atoms with Crippen molar-refractivity contribution < 1.29 is 53.0 Å². The number of benzene rings is 3. The largest absolute Gasteiger partial charge is 0.504 e. The monoisotopic (exact) mass is 785 g/mol. The number of phenols is 1. The maximum Gasteiger partial charge on any atom is 0.335 e. The second-order valence-electron chi connectivity index (χ2n) is 15.9. The predicted octanol–water partition coefficient (Wildman–Crippen LogP) is 3.81. The number of aryl methyl sites for hydroxylation is 1. The summed E-state index contributed by atoms with van der Waals surface area (Å²) in [5, 5.41) is 39.6. The van der Waals surface area contributed by atoms with Gasteiger partial charge in [-0.3, -0.25) is 19.9 Å². The topological polar surface area (TPSA) is 173 Å². The van der Waals surface area contributed by atoms with E-state index in [0.717, 1.165) is 22.1 Å². The third-order valence-corrected chi connectivity index (χ3v) is 14.1. The standard InChI is InChI=1S/C41H43N3O11S/c1-18-10-21-12-40(49)15-43(4)30(27(21)32(47)33(18)50-5)31-37-29-28(36-35(52-17-53-36)19(2)34(29)54-20(3)46)25(44(31)40)14-51-39(48)41(16-56-37)38-24(11-22(13-45)42-41)23-8-6-7-9-26(23)55-38/h6-10,22,25,30-31,37,42,45,47,49H,11-17H2,1-5H3/t22-,25+,30-,31?,37-,40?,41-/m1/s1. The molecule has 8 aliphatic rings. The minimum Gasteiger partial charge on any atom is -0.504 e. The number of para-hydroxylation sites is 1. The zero-order valence-corrected chi connectivity index (χ0v) is 32.5. The van der Waals surface area contributed by atoms with Crippen molar-refractivity contribution in [1.29, 1.82) is 0 Å². The number of methoxy groups -OCH3 is 1. The first-order valence-corrected chi connectivity index (χ1v) is 19.9. The van der Waals surface area contributed by atoms with Crippen LogP contribution >= 0.6 is 11.8 Å². The van der Waals surface area contributed by atoms with Crippen molar-refractivity contribution in [3.05, 3.63) is 75.0 Å². The van der Waals surface area contributed by atoms with Gasteiger partial charge in [-0.25, -0.2) is 4.79 Å². The van der Waals surface area contributed by atoms with Crippen LogP contribution in [0.2, 0.25) is 0 Å². The van der Waals surface area contributed by atoms with E-state index in [1.807, 2.05) is 56.1 Å². The Labute approximate surface area is 326 Å². The van der Waals surface area contributed by atoms with E-state index in [1.165, 1.54) is 25.8 Å². The molecule has 56 heavy (non-hydrogen) atoms. The summed E-state index contributed by atoms with van der Waals surface area (Å²) in [5.41, 5.74) is 2.36. The number of aliphatic hydroxyl groups is 2. The van der Waals surface area contributed by atoms with E-state index >= 15 is 0 Å². The number of aliphatic hydroxyl groups excluding tert-OH is 1. The zero-order chi connectivity index (χ0) is 39.0. The van der Waals surface area contributed by atoms with Crippen molar-refractivity contribution in [3.8, 4) is 28.7 Å². The molecule has 1 aromatic heterocycles. The second kappa shape index (κ2) is 12.5. The van der Waals surface area contributed by atoms with Crippen molar-refractivity contribution in [2.45, 2.75) is 74.3 Å². The van der Waals surface area contributed by atoms with Gasteiger partial charge in [0.2, 0.25) is 6.79 Å². The summed E-state index contributed by atoms with van der Waals surface area (Å²) in [4.78, 5) is 32.0. The van der Waals surface area contributed by atoms with E-state index in [0.29, 0.717) is 63.0 Å². The Hall–Kier alpha value is -4.51. The molecule has 2 saturated heterocycles. The smallest absolute Gasteiger partial charge is 0.335 e. The molecule has 4 N–H and O–H groups in total. The molecule has 12 rings (SSSR count). The number of carbonyl (C=O) groups excluding carboxylic acids is 2. The third-order valence-electron chi connectivity index (χ3n) is 12.6. The number of piperazine rings is 1. The summed E-state index contributed by atoms with van der Waals surface area (Å²) in [6, 6.07) is 7.13. The van der Waals surface area contributed by atoms with Crippen molar-refractivity contribution in [2.75, 3.05) is 46.5 Å². The van der Waals surface area contributed by atoms with Crippen LogP contribution in [0.5, 0.6) is 28.7 Å². The molecule has 0 saturated carbocycles. The van der Waals surface area contributed by atoms with Crippen molar-refractivity contribution in [1.82, 2.24) is 15.1 Å². The lowest BCUT2D eigenvalue weighted by Gasteiger charge is -2.60. The molecule has 294 valence electrons. The van der Waals surface area contributed by atoms with Crippen molar-refractivity contribution in [3.63, 3.8) is 0 Å². The Bertz CT molecular complexity index is 2360. The normalized spacial score (nSPS) is 31.3. The Balaban J connectivity index is 1.26. The number of hydrogen-bond acceptors (Lipinski definition) is 15. The van der Waals surface area contributed by atoms with Crippen molar-refractivity contribution in [2.24, 2.45) is 0 Å². The quantitative estimate of drug-likeness (QED) is 0.174. The highest BCUT2D eigenvalue weighted by molar-refractivity contribution is 7.99. The van der Waals surface area contributed by atoms with Crippen LogP contribution in [0.1, 0.15) is 69.0 Å². The Morgan fingerprint density at radius 2 is 1.89 bits per heavy atom. The Morgan fingerprint density at radius 1 is 1.11 bits per heavy atom. The van der Waals surface area contributed by atoms with E-state index in [-0.39, 0.29) is 44.5 Å². The lowest BCUT2D eigenvalue weighted by molar-refractivity contribution is -0.215. The van der Waals surface area contributed by atoms with Gasteiger partial charge in [-0.05, 0) is 44.5 Å². The molecule has 4 bridgehead atoms. The van der Waals surface area contributed by atoms with Gasteiger partial charge >= 0.3 is 11.9 Å². The number of thioether (sulfide) groups is 1. The molecule has 8 atom stereocenters. The maximum absolute atomic E-state index is 14.9. The van der Waals surface area contributed by atoms with Crippen molar-refractivity contribution >= 4 is 34.7 Å². The van der Waals surface area contributed by atoms with Crippen LogP contribution < -0.4 is 24.3 Å². The van der Waals surface area contributed by atoms with E-state index in [1.54, 1.807) is 0 Å². The molecule has 0 amide bonds. The lowest BCUT2D eigenvalue weighted by Crippen LogP contribution is -2.70. The van der Waals surface area contributed by atoms with E-state index in [9.17, 15) is 24.9 Å². The molecule has 3 unspecified atom stereocenters. The molecule has 0 aliphatic carbocycles. The van der Waals surface area contributed by atoms with Gasteiger partial charge in [0.05, 0.1) is 31.1 Å². The minimum absolute atomic E-state index is 0.000248. The first-order valence-electron chi connectivity index (χ1n) is 18.8. The number of rotatable bonds is 3. The fourth-order valence-electron chi connectivity index (χ4n) is 10.7. The highest BCUT2D eigenvalue weighted by atomic mass is 32.2. The molecule has 3 aromatic carbocycles. The number of fused-ring (bicyclic) bond motifs is 8. The van der Waals surface area contributed by atoms with Gasteiger partial charge in [0.1, 0.15) is 29.4 Å². The van der Waals surface area contributed by atoms with Crippen LogP contribution in [0.15, 0.2) is 34.7 Å². The van der Waals surface area contributed by atoms with Gasteiger partial charge in [0, 0.05) is 70.9 Å². The van der Waals surface area contributed by atoms with Crippen LogP contribution in [0, 0.1) is 13.8 Å². The number of esters is 2. The number of hydrogen-bond donors (Lipinski definition) is 4. The van der Waals surface area contributed by atoms with Gasteiger partial charge in [0.25, 0.3) is 0 Å². The molecular weight excluding hydrogens is 743 g/mol. The Kier molecular flexibility index (Phi) is 8.00. The van der Waals surface area contributed by atoms with E-state index in [2.05, 4.69) is 10.2 Å². The molecule has 15 heteroatoms. The van der Waals surface area contributed by atoms with Crippen LogP contribution in [0.25, 0.3) is 11.0 Å². The molecule has 14 nitrogen and oxygen atoms in total. The van der Waals surface area contributed by atoms with Crippen LogP contribution in [-0.2, 0) is 32.7 Å². The van der Waals surface area contributed by atoms with Gasteiger partial charge in [-0.2, -0.15) is 0 Å². The molecule has 1 spiro atoms. The molecule has 8 aliphatic heterocycles. The summed E-state index contributed by atoms with van der Waals surface area (Å²) < 4.78 is 37.2. The summed E-state index contributed by atoms with van der Waals surface area (Å²) in [6.07, 6.45) is 0.591. The zero-order valence-electron chi connectivity index (χ0n) is 31.6. The van der Waals surface area contributed by atoms with E-state index in [4.69, 9.17) is 28.1 Å².